The smallest absolute Gasteiger partial charge is 0.407 e. The van der Waals surface area contributed by atoms with E-state index in [0.29, 0.717) is 0 Å². The van der Waals surface area contributed by atoms with Crippen LogP contribution in [0.25, 0.3) is 11.3 Å². The van der Waals surface area contributed by atoms with E-state index >= 15 is 0 Å². The molecule has 2 amide bonds. The number of carbonyl (C=O) groups excluding carboxylic acids is 1. The van der Waals surface area contributed by atoms with Crippen molar-refractivity contribution in [1.29, 1.82) is 0 Å². The van der Waals surface area contributed by atoms with Gasteiger partial charge in [-0.05, 0) is 43.9 Å². The molecule has 0 unspecified atom stereocenters. The molecule has 3 rings (SSSR count). The lowest BCUT2D eigenvalue weighted by atomic mass is 9.84. The van der Waals surface area contributed by atoms with Gasteiger partial charge in [0.25, 0.3) is 5.91 Å². The largest absolute Gasteiger partial charge is 0.465 e. The molecule has 10 nitrogen and oxygen atoms in total. The average Bonchev–Trinajstić information content (AvgIpc) is 3.21. The van der Waals surface area contributed by atoms with Gasteiger partial charge in [0, 0.05) is 31.5 Å². The molecule has 1 saturated heterocycles. The molecule has 0 aliphatic carbocycles. The van der Waals surface area contributed by atoms with Crippen LogP contribution in [-0.4, -0.2) is 83.6 Å². The number of amides is 2. The molecule has 0 saturated carbocycles. The van der Waals surface area contributed by atoms with Crippen molar-refractivity contribution in [2.75, 3.05) is 19.3 Å². The summed E-state index contributed by atoms with van der Waals surface area (Å²) in [7, 11) is -3.49. The maximum absolute atomic E-state index is 13.4. The third kappa shape index (κ3) is 7.88. The molecule has 1 aliphatic rings. The summed E-state index contributed by atoms with van der Waals surface area (Å²) in [5, 5.41) is 15.2. The lowest BCUT2D eigenvalue weighted by Crippen LogP contribution is -2.54. The third-order valence-corrected chi connectivity index (χ3v) is 9.31. The summed E-state index contributed by atoms with van der Waals surface area (Å²) in [5.41, 5.74) is -2.43. The van der Waals surface area contributed by atoms with Gasteiger partial charge < -0.3 is 20.1 Å². The van der Waals surface area contributed by atoms with E-state index in [4.69, 9.17) is 11.6 Å². The zero-order valence-corrected chi connectivity index (χ0v) is 25.3. The maximum Gasteiger partial charge on any atom is 0.407 e. The van der Waals surface area contributed by atoms with Crippen LogP contribution in [-0.2, 0) is 22.8 Å². The third-order valence-electron chi connectivity index (χ3n) is 7.35. The van der Waals surface area contributed by atoms with Gasteiger partial charge in [-0.3, -0.25) is 9.48 Å². The van der Waals surface area contributed by atoms with E-state index in [0.717, 1.165) is 31.1 Å². The number of ether oxygens (including phenoxy) is 1. The van der Waals surface area contributed by atoms with Crippen molar-refractivity contribution < 1.29 is 49.8 Å². The Kier molecular flexibility index (Phi) is 10.3. The highest BCUT2D eigenvalue weighted by molar-refractivity contribution is 7.91. The fraction of sp³-hybridized carbons (Fsp3) is 0.577. The first-order valence-corrected chi connectivity index (χ1v) is 15.5. The number of nitrogens with zero attached hydrogens (tertiary/aromatic N) is 3. The van der Waals surface area contributed by atoms with E-state index in [2.05, 4.69) is 15.2 Å². The van der Waals surface area contributed by atoms with Crippen molar-refractivity contribution in [2.24, 2.45) is 5.41 Å². The summed E-state index contributed by atoms with van der Waals surface area (Å²) in [6.45, 7) is -0.0536. The van der Waals surface area contributed by atoms with Gasteiger partial charge in [0.2, 0.25) is 0 Å². The van der Waals surface area contributed by atoms with Gasteiger partial charge in [-0.15, -0.1) is 0 Å². The van der Waals surface area contributed by atoms with Crippen LogP contribution < -0.4 is 10.1 Å². The molecule has 2 heterocycles. The lowest BCUT2D eigenvalue weighted by Gasteiger charge is -2.37. The first kappa shape index (κ1) is 34.4. The molecular weight excluding hydrogens is 627 g/mol. The van der Waals surface area contributed by atoms with Crippen molar-refractivity contribution in [3.63, 3.8) is 0 Å². The van der Waals surface area contributed by atoms with E-state index in [9.17, 15) is 45.1 Å². The Bertz CT molecular complexity index is 1460. The molecule has 2 atom stereocenters. The number of carboxylic acid groups (broad SMARTS) is 1. The molecule has 0 bridgehead atoms. The predicted molar refractivity (Wildman–Crippen MR) is 147 cm³/mol. The van der Waals surface area contributed by atoms with Gasteiger partial charge in [-0.1, -0.05) is 31.5 Å². The molecule has 1 aromatic heterocycles. The van der Waals surface area contributed by atoms with Crippen LogP contribution in [0.3, 0.4) is 0 Å². The van der Waals surface area contributed by atoms with E-state index in [-0.39, 0.29) is 60.0 Å². The maximum atomic E-state index is 13.4. The molecule has 2 N–H and O–H groups in total. The van der Waals surface area contributed by atoms with Crippen molar-refractivity contribution in [2.45, 2.75) is 70.7 Å². The van der Waals surface area contributed by atoms with Gasteiger partial charge >= 0.3 is 18.9 Å². The van der Waals surface area contributed by atoms with E-state index in [1.165, 1.54) is 16.8 Å². The number of carbonyl (C=O) groups is 2. The number of sulfone groups is 1. The Labute approximate surface area is 250 Å². The number of aryl methyl sites for hydroxylation is 1. The van der Waals surface area contributed by atoms with Gasteiger partial charge in [0.05, 0.1) is 27.4 Å². The number of nitrogens with one attached hydrogen (secondary N) is 1. The van der Waals surface area contributed by atoms with Crippen LogP contribution >= 0.6 is 11.6 Å². The number of alkyl halides is 5. The van der Waals surface area contributed by atoms with Crippen molar-refractivity contribution >= 4 is 33.4 Å². The molecule has 43 heavy (non-hydrogen) atoms. The van der Waals surface area contributed by atoms with Gasteiger partial charge in [0.1, 0.15) is 5.75 Å². The Morgan fingerprint density at radius 3 is 2.42 bits per heavy atom. The standard InChI is InChI=1S/C26H32ClF5N4O6S/c1-5-36-21(17-9-6-14(10-18(17)42-23(28)29)11-25(2,3)26(30,31)32)19(27)20(34-36)22(37)33-12-15-7-8-16(43(4,40)41)13-35(15)24(38)39/h6,9-10,15-16,23H,5,7-8,11-13H2,1-4H3,(H,33,37)(H,38,39)/t15-,16-/m1/s1. The highest BCUT2D eigenvalue weighted by atomic mass is 35.5. The first-order valence-electron chi connectivity index (χ1n) is 13.1. The number of aromatic nitrogens is 2. The SMILES string of the molecule is CCn1nc(C(=O)NC[C@H]2CC[C@@H](S(C)(=O)=O)CN2C(=O)O)c(Cl)c1-c1ccc(CC(C)(C)C(F)(F)F)cc1OC(F)F. The number of benzene rings is 1. The number of hydrogen-bond acceptors (Lipinski definition) is 6. The van der Waals surface area contributed by atoms with E-state index in [1.54, 1.807) is 6.92 Å². The fourth-order valence-electron chi connectivity index (χ4n) is 4.83. The van der Waals surface area contributed by atoms with E-state index < -0.39 is 63.5 Å². The Balaban J connectivity index is 1.91. The van der Waals surface area contributed by atoms with Crippen LogP contribution in [0.5, 0.6) is 5.75 Å². The Morgan fingerprint density at radius 2 is 1.88 bits per heavy atom. The molecule has 1 fully saturated rings. The topological polar surface area (TPSA) is 131 Å². The molecule has 0 spiro atoms. The minimum absolute atomic E-state index is 0.00687. The summed E-state index contributed by atoms with van der Waals surface area (Å²) in [6.07, 6.45) is -5.05. The lowest BCUT2D eigenvalue weighted by molar-refractivity contribution is -0.211. The summed E-state index contributed by atoms with van der Waals surface area (Å²) in [5.74, 6) is -1.28. The second-order valence-electron chi connectivity index (χ2n) is 10.9. The molecule has 17 heteroatoms. The minimum Gasteiger partial charge on any atom is -0.465 e. The van der Waals surface area contributed by atoms with E-state index in [1.807, 2.05) is 0 Å². The van der Waals surface area contributed by atoms with Crippen LogP contribution in [0.4, 0.5) is 26.7 Å². The molecule has 1 aliphatic heterocycles. The molecular formula is C26H32ClF5N4O6S. The summed E-state index contributed by atoms with van der Waals surface area (Å²) in [6, 6.07) is 2.91. The monoisotopic (exact) mass is 658 g/mol. The zero-order chi connectivity index (χ0) is 32.5. The number of piperidine rings is 1. The van der Waals surface area contributed by atoms with Gasteiger partial charge in [0.15, 0.2) is 15.5 Å². The first-order chi connectivity index (χ1) is 19.8. The molecule has 1 aromatic carbocycles. The Morgan fingerprint density at radius 1 is 1.23 bits per heavy atom. The van der Waals surface area contributed by atoms with Crippen molar-refractivity contribution in [1.82, 2.24) is 20.0 Å². The predicted octanol–water partition coefficient (Wildman–Crippen LogP) is 5.24. The molecule has 2 aromatic rings. The van der Waals surface area contributed by atoms with Crippen molar-refractivity contribution in [3.05, 3.63) is 34.5 Å². The second kappa shape index (κ2) is 12.8. The van der Waals surface area contributed by atoms with Crippen LogP contribution in [0, 0.1) is 5.41 Å². The average molecular weight is 659 g/mol. The zero-order valence-electron chi connectivity index (χ0n) is 23.7. The number of hydrogen-bond donors (Lipinski definition) is 2. The second-order valence-corrected chi connectivity index (χ2v) is 13.6. The van der Waals surface area contributed by atoms with Gasteiger partial charge in [-0.25, -0.2) is 13.2 Å². The summed E-state index contributed by atoms with van der Waals surface area (Å²) in [4.78, 5) is 25.8. The highest BCUT2D eigenvalue weighted by Crippen LogP contribution is 2.43. The summed E-state index contributed by atoms with van der Waals surface area (Å²) < 4.78 is 96.7. The number of rotatable bonds is 10. The van der Waals surface area contributed by atoms with Crippen LogP contribution in [0.15, 0.2) is 18.2 Å². The molecule has 0 radical (unpaired) electrons. The van der Waals surface area contributed by atoms with Crippen LogP contribution in [0.1, 0.15) is 49.7 Å². The normalized spacial score (nSPS) is 18.2. The highest BCUT2D eigenvalue weighted by Gasteiger charge is 2.47. The van der Waals surface area contributed by atoms with Gasteiger partial charge in [-0.2, -0.15) is 27.1 Å². The van der Waals surface area contributed by atoms with Crippen LogP contribution in [0.2, 0.25) is 5.02 Å². The summed E-state index contributed by atoms with van der Waals surface area (Å²) >= 11 is 6.52. The quantitative estimate of drug-likeness (QED) is 0.334. The molecule has 240 valence electrons. The minimum atomic E-state index is -4.56. The number of halogens is 6. The Hall–Kier alpha value is -3.14. The number of likely N-dealkylation sites (tertiary alicyclic amines) is 1. The fourth-order valence-corrected chi connectivity index (χ4v) is 6.15. The van der Waals surface area contributed by atoms with Crippen molar-refractivity contribution in [3.8, 4) is 17.0 Å².